The summed E-state index contributed by atoms with van der Waals surface area (Å²) in [5.74, 6) is -0.00306. The molecule has 4 nitrogen and oxygen atoms in total. The summed E-state index contributed by atoms with van der Waals surface area (Å²) < 4.78 is 38.8. The van der Waals surface area contributed by atoms with Gasteiger partial charge < -0.3 is 10.0 Å². The van der Waals surface area contributed by atoms with Crippen molar-refractivity contribution in [3.63, 3.8) is 0 Å². The van der Waals surface area contributed by atoms with Crippen LogP contribution < -0.4 is 4.90 Å². The van der Waals surface area contributed by atoms with Crippen LogP contribution in [0.2, 0.25) is 0 Å². The Kier molecular flexibility index (Phi) is 4.49. The summed E-state index contributed by atoms with van der Waals surface area (Å²) in [5, 5.41) is 9.32. The smallest absolute Gasteiger partial charge is 0.392 e. The maximum Gasteiger partial charge on any atom is 0.419 e. The predicted molar refractivity (Wildman–Crippen MR) is 69.6 cm³/mol. The second kappa shape index (κ2) is 5.97. The Bertz CT molecular complexity index is 443. The summed E-state index contributed by atoms with van der Waals surface area (Å²) in [7, 11) is 0. The summed E-state index contributed by atoms with van der Waals surface area (Å²) >= 11 is 0. The minimum atomic E-state index is -4.39. The predicted octanol–water partition coefficient (Wildman–Crippen LogP) is 1.60. The minimum Gasteiger partial charge on any atom is -0.392 e. The number of anilines is 1. The molecule has 0 spiro atoms. The van der Waals surface area contributed by atoms with Gasteiger partial charge in [0.05, 0.1) is 11.7 Å². The third-order valence-electron chi connectivity index (χ3n) is 3.29. The zero-order chi connectivity index (χ0) is 14.8. The molecule has 1 aromatic heterocycles. The van der Waals surface area contributed by atoms with Crippen LogP contribution in [0.25, 0.3) is 0 Å². The quantitative estimate of drug-likeness (QED) is 0.917. The van der Waals surface area contributed by atoms with Crippen molar-refractivity contribution in [2.24, 2.45) is 0 Å². The van der Waals surface area contributed by atoms with Gasteiger partial charge in [0.25, 0.3) is 0 Å². The minimum absolute atomic E-state index is 0.00306. The number of hydrogen-bond donors (Lipinski definition) is 1. The van der Waals surface area contributed by atoms with Crippen molar-refractivity contribution in [1.29, 1.82) is 0 Å². The first-order valence-electron chi connectivity index (χ1n) is 6.55. The molecular formula is C13H18F3N3O. The summed E-state index contributed by atoms with van der Waals surface area (Å²) in [4.78, 5) is 7.59. The summed E-state index contributed by atoms with van der Waals surface area (Å²) in [5.41, 5.74) is -0.691. The van der Waals surface area contributed by atoms with Crippen molar-refractivity contribution >= 4 is 5.82 Å². The number of β-amino-alcohol motifs (C(OH)–C–C–N with tert-alkyl or cyclic N) is 1. The number of pyridine rings is 1. The van der Waals surface area contributed by atoms with Crippen LogP contribution in [0.5, 0.6) is 0 Å². The summed E-state index contributed by atoms with van der Waals surface area (Å²) in [6, 6.07) is 2.36. The van der Waals surface area contributed by atoms with Gasteiger partial charge in [0, 0.05) is 38.9 Å². The van der Waals surface area contributed by atoms with Crippen LogP contribution in [0.1, 0.15) is 12.5 Å². The zero-order valence-corrected chi connectivity index (χ0v) is 11.3. The number of aliphatic hydroxyl groups is 1. The molecule has 7 heteroatoms. The highest BCUT2D eigenvalue weighted by atomic mass is 19.4. The molecule has 20 heavy (non-hydrogen) atoms. The molecule has 0 unspecified atom stereocenters. The van der Waals surface area contributed by atoms with E-state index in [2.05, 4.69) is 4.98 Å². The Balaban J connectivity index is 2.08. The van der Waals surface area contributed by atoms with Crippen LogP contribution in [-0.4, -0.2) is 53.8 Å². The average molecular weight is 289 g/mol. The second-order valence-corrected chi connectivity index (χ2v) is 5.01. The monoisotopic (exact) mass is 289 g/mol. The van der Waals surface area contributed by atoms with Crippen molar-refractivity contribution in [2.75, 3.05) is 37.6 Å². The molecule has 112 valence electrons. The molecule has 1 atom stereocenters. The van der Waals surface area contributed by atoms with Crippen LogP contribution in [0.15, 0.2) is 18.3 Å². The summed E-state index contributed by atoms with van der Waals surface area (Å²) in [6.45, 7) is 4.45. The fourth-order valence-corrected chi connectivity index (χ4v) is 2.39. The Morgan fingerprint density at radius 3 is 2.50 bits per heavy atom. The largest absolute Gasteiger partial charge is 0.419 e. The Hall–Kier alpha value is -1.34. The number of aliphatic hydroxyl groups excluding tert-OH is 1. The average Bonchev–Trinajstić information content (AvgIpc) is 2.38. The Labute approximate surface area is 115 Å². The highest BCUT2D eigenvalue weighted by Crippen LogP contribution is 2.35. The van der Waals surface area contributed by atoms with Gasteiger partial charge in [-0.2, -0.15) is 13.2 Å². The number of hydrogen-bond acceptors (Lipinski definition) is 4. The van der Waals surface area contributed by atoms with E-state index in [0.717, 1.165) is 6.07 Å². The van der Waals surface area contributed by atoms with Gasteiger partial charge in [0.2, 0.25) is 0 Å². The molecule has 0 amide bonds. The molecule has 0 saturated carbocycles. The molecule has 1 saturated heterocycles. The van der Waals surface area contributed by atoms with E-state index in [9.17, 15) is 18.3 Å². The maximum atomic E-state index is 12.9. The van der Waals surface area contributed by atoms with E-state index in [1.54, 1.807) is 11.8 Å². The van der Waals surface area contributed by atoms with Crippen molar-refractivity contribution in [2.45, 2.75) is 19.2 Å². The fraction of sp³-hybridized carbons (Fsp3) is 0.615. The number of rotatable bonds is 3. The van der Waals surface area contributed by atoms with E-state index in [0.29, 0.717) is 32.7 Å². The van der Waals surface area contributed by atoms with E-state index in [4.69, 9.17) is 0 Å². The van der Waals surface area contributed by atoms with Gasteiger partial charge in [0.15, 0.2) is 0 Å². The molecule has 0 radical (unpaired) electrons. The van der Waals surface area contributed by atoms with Crippen molar-refractivity contribution in [3.05, 3.63) is 23.9 Å². The van der Waals surface area contributed by atoms with Crippen LogP contribution in [-0.2, 0) is 6.18 Å². The van der Waals surface area contributed by atoms with Gasteiger partial charge in [-0.05, 0) is 19.1 Å². The normalized spacial score (nSPS) is 19.1. The first-order valence-corrected chi connectivity index (χ1v) is 6.55. The highest BCUT2D eigenvalue weighted by Gasteiger charge is 2.36. The SMILES string of the molecule is C[C@@H](O)CN1CCN(c2ncccc2C(F)(F)F)CC1. The lowest BCUT2D eigenvalue weighted by atomic mass is 10.2. The number of alkyl halides is 3. The number of nitrogens with zero attached hydrogens (tertiary/aromatic N) is 3. The Morgan fingerprint density at radius 2 is 1.95 bits per heavy atom. The lowest BCUT2D eigenvalue weighted by molar-refractivity contribution is -0.137. The zero-order valence-electron chi connectivity index (χ0n) is 11.3. The standard InChI is InChI=1S/C13H18F3N3O/c1-10(20)9-18-5-7-19(8-6-18)12-11(13(14,15)16)3-2-4-17-12/h2-4,10,20H,5-9H2,1H3/t10-/m1/s1. The van der Waals surface area contributed by atoms with E-state index in [1.165, 1.54) is 12.3 Å². The van der Waals surface area contributed by atoms with Crippen LogP contribution in [0, 0.1) is 0 Å². The highest BCUT2D eigenvalue weighted by molar-refractivity contribution is 5.48. The van der Waals surface area contributed by atoms with Crippen LogP contribution in [0.4, 0.5) is 19.0 Å². The lowest BCUT2D eigenvalue weighted by Crippen LogP contribution is -2.49. The third kappa shape index (κ3) is 3.61. The molecule has 2 rings (SSSR count). The number of piperazine rings is 1. The third-order valence-corrected chi connectivity index (χ3v) is 3.29. The molecule has 0 bridgehead atoms. The van der Waals surface area contributed by atoms with Gasteiger partial charge in [-0.1, -0.05) is 0 Å². The fourth-order valence-electron chi connectivity index (χ4n) is 2.39. The maximum absolute atomic E-state index is 12.9. The first kappa shape index (κ1) is 15.1. The Morgan fingerprint density at radius 1 is 1.30 bits per heavy atom. The van der Waals surface area contributed by atoms with Crippen molar-refractivity contribution in [3.8, 4) is 0 Å². The molecule has 0 aliphatic carbocycles. The number of aromatic nitrogens is 1. The molecule has 1 N–H and O–H groups in total. The molecular weight excluding hydrogens is 271 g/mol. The molecule has 1 aliphatic heterocycles. The van der Waals surface area contributed by atoms with Gasteiger partial charge in [-0.3, -0.25) is 4.90 Å². The molecule has 2 heterocycles. The number of halogens is 3. The van der Waals surface area contributed by atoms with Crippen molar-refractivity contribution < 1.29 is 18.3 Å². The van der Waals surface area contributed by atoms with Gasteiger partial charge >= 0.3 is 6.18 Å². The summed E-state index contributed by atoms with van der Waals surface area (Å²) in [6.07, 6.45) is -3.44. The molecule has 1 fully saturated rings. The molecule has 1 aromatic rings. The van der Waals surface area contributed by atoms with E-state index >= 15 is 0 Å². The second-order valence-electron chi connectivity index (χ2n) is 5.01. The van der Waals surface area contributed by atoms with Crippen LogP contribution in [0.3, 0.4) is 0 Å². The molecule has 1 aliphatic rings. The van der Waals surface area contributed by atoms with Crippen molar-refractivity contribution in [1.82, 2.24) is 9.88 Å². The van der Waals surface area contributed by atoms with Gasteiger partial charge in [0.1, 0.15) is 5.82 Å². The molecule has 0 aromatic carbocycles. The topological polar surface area (TPSA) is 39.6 Å². The lowest BCUT2D eigenvalue weighted by Gasteiger charge is -2.36. The van der Waals surface area contributed by atoms with Gasteiger partial charge in [-0.15, -0.1) is 0 Å². The first-order chi connectivity index (χ1) is 9.38. The van der Waals surface area contributed by atoms with E-state index < -0.39 is 17.8 Å². The van der Waals surface area contributed by atoms with E-state index in [-0.39, 0.29) is 5.82 Å². The van der Waals surface area contributed by atoms with Gasteiger partial charge in [-0.25, -0.2) is 4.98 Å². The van der Waals surface area contributed by atoms with E-state index in [1.807, 2.05) is 4.90 Å². The van der Waals surface area contributed by atoms with Crippen LogP contribution >= 0.6 is 0 Å².